The number of ether oxygens (including phenoxy) is 2. The lowest BCUT2D eigenvalue weighted by molar-refractivity contribution is -0.733. The summed E-state index contributed by atoms with van der Waals surface area (Å²) in [7, 11) is 0. The molecule has 166 valence electrons. The molecule has 2 heterocycles. The first-order valence-electron chi connectivity index (χ1n) is 9.29. The Bertz CT molecular complexity index is 727. The van der Waals surface area contributed by atoms with Crippen LogP contribution in [-0.2, 0) is 22.9 Å². The first-order valence-corrected chi connectivity index (χ1v) is 9.29. The Morgan fingerprint density at radius 1 is 0.733 bits per heavy atom. The van der Waals surface area contributed by atoms with Crippen molar-refractivity contribution in [1.29, 1.82) is 0 Å². The molecule has 2 aromatic heterocycles. The lowest BCUT2D eigenvalue weighted by Crippen LogP contribution is -3.00. The number of halogens is 2. The van der Waals surface area contributed by atoms with E-state index < -0.39 is 11.8 Å². The van der Waals surface area contributed by atoms with Gasteiger partial charge in [0.25, 0.3) is 25.3 Å². The Labute approximate surface area is 189 Å². The highest BCUT2D eigenvalue weighted by atomic mass is 35.5. The molecule has 0 atom stereocenters. The summed E-state index contributed by atoms with van der Waals surface area (Å²) in [6.07, 6.45) is 11.1. The summed E-state index contributed by atoms with van der Waals surface area (Å²) in [4.78, 5) is 22.3. The first kappa shape index (κ1) is 27.7. The molecule has 0 bridgehead atoms. The maximum absolute atomic E-state index is 11.1. The van der Waals surface area contributed by atoms with Crippen molar-refractivity contribution in [3.05, 3.63) is 60.2 Å². The summed E-state index contributed by atoms with van der Waals surface area (Å²) in [5, 5.41) is 0. The molecule has 2 rings (SSSR count). The highest BCUT2D eigenvalue weighted by molar-refractivity contribution is 5.92. The molecule has 8 nitrogen and oxygen atoms in total. The van der Waals surface area contributed by atoms with Gasteiger partial charge in [0.1, 0.15) is 11.1 Å². The van der Waals surface area contributed by atoms with E-state index in [0.29, 0.717) is 37.8 Å². The van der Waals surface area contributed by atoms with Gasteiger partial charge in [0.2, 0.25) is 0 Å². The van der Waals surface area contributed by atoms with Crippen LogP contribution in [-0.4, -0.2) is 25.0 Å². The number of rotatable bonds is 13. The summed E-state index contributed by atoms with van der Waals surface area (Å²) in [6, 6.07) is 6.89. The molecule has 0 aliphatic heterocycles. The van der Waals surface area contributed by atoms with E-state index in [9.17, 15) is 9.59 Å². The van der Waals surface area contributed by atoms with Gasteiger partial charge >= 0.3 is 0 Å². The van der Waals surface area contributed by atoms with E-state index in [1.165, 1.54) is 0 Å². The van der Waals surface area contributed by atoms with E-state index in [0.717, 1.165) is 25.7 Å². The molecule has 0 saturated heterocycles. The Morgan fingerprint density at radius 3 is 1.50 bits per heavy atom. The maximum Gasteiger partial charge on any atom is 0.254 e. The average Bonchev–Trinajstić information content (AvgIpc) is 2.69. The van der Waals surface area contributed by atoms with Crippen molar-refractivity contribution in [2.24, 2.45) is 11.5 Å². The highest BCUT2D eigenvalue weighted by Crippen LogP contribution is 2.01. The third-order valence-electron chi connectivity index (χ3n) is 4.09. The number of carbonyl (C=O) groups is 2. The van der Waals surface area contributed by atoms with Gasteiger partial charge in [0.05, 0.1) is 13.2 Å². The molecule has 10 heteroatoms. The van der Waals surface area contributed by atoms with Crippen molar-refractivity contribution in [2.45, 2.75) is 39.1 Å². The van der Waals surface area contributed by atoms with Crippen molar-refractivity contribution in [3.8, 4) is 0 Å². The summed E-state index contributed by atoms with van der Waals surface area (Å²) >= 11 is 0. The summed E-state index contributed by atoms with van der Waals surface area (Å²) in [5.74, 6) is -0.897. The van der Waals surface area contributed by atoms with Crippen LogP contribution in [0.25, 0.3) is 0 Å². The summed E-state index contributed by atoms with van der Waals surface area (Å²) < 4.78 is 14.8. The smallest absolute Gasteiger partial charge is 0.254 e. The Balaban J connectivity index is 0.00000420. The minimum atomic E-state index is -0.449. The molecule has 0 aliphatic rings. The third-order valence-corrected chi connectivity index (χ3v) is 4.09. The molecule has 0 saturated carbocycles. The zero-order chi connectivity index (χ0) is 20.2. The number of nitrogens with zero attached hydrogens (tertiary/aromatic N) is 2. The van der Waals surface area contributed by atoms with Gasteiger partial charge in [0.15, 0.2) is 24.8 Å². The Kier molecular flexibility index (Phi) is 14.4. The van der Waals surface area contributed by atoms with E-state index in [-0.39, 0.29) is 24.8 Å². The maximum atomic E-state index is 11.1. The molecule has 0 spiro atoms. The number of carbonyl (C=O) groups excluding carboxylic acids is 2. The van der Waals surface area contributed by atoms with Crippen molar-refractivity contribution in [2.75, 3.05) is 13.2 Å². The molecule has 2 aromatic rings. The SMILES string of the molecule is NC(=O)c1ccc[n+](COCCCCCCOC[n+]2cccc(C(N)=O)c2)c1.[Cl-].[Cl-]. The van der Waals surface area contributed by atoms with Crippen LogP contribution in [0.4, 0.5) is 0 Å². The Hall–Kier alpha value is -2.26. The van der Waals surface area contributed by atoms with Gasteiger partial charge in [-0.3, -0.25) is 9.59 Å². The molecule has 2 amide bonds. The van der Waals surface area contributed by atoms with Crippen LogP contribution in [0.2, 0.25) is 0 Å². The van der Waals surface area contributed by atoms with Crippen LogP contribution in [0.1, 0.15) is 46.4 Å². The van der Waals surface area contributed by atoms with Gasteiger partial charge in [-0.05, 0) is 25.0 Å². The van der Waals surface area contributed by atoms with Gasteiger partial charge in [0, 0.05) is 12.1 Å². The van der Waals surface area contributed by atoms with Crippen molar-refractivity contribution < 1.29 is 53.0 Å². The molecule has 0 aromatic carbocycles. The van der Waals surface area contributed by atoms with Gasteiger partial charge in [-0.15, -0.1) is 0 Å². The fourth-order valence-electron chi connectivity index (χ4n) is 2.60. The topological polar surface area (TPSA) is 112 Å². The molecule has 30 heavy (non-hydrogen) atoms. The predicted octanol–water partition coefficient (Wildman–Crippen LogP) is -5.32. The molecular weight excluding hydrogens is 431 g/mol. The number of pyridine rings is 2. The van der Waals surface area contributed by atoms with Crippen LogP contribution < -0.4 is 45.4 Å². The zero-order valence-corrected chi connectivity index (χ0v) is 18.2. The van der Waals surface area contributed by atoms with E-state index in [2.05, 4.69) is 0 Å². The number of unbranched alkanes of at least 4 members (excludes halogenated alkanes) is 3. The fraction of sp³-hybridized carbons (Fsp3) is 0.400. The summed E-state index contributed by atoms with van der Waals surface area (Å²) in [6.45, 7) is 2.10. The zero-order valence-electron chi connectivity index (χ0n) is 16.7. The van der Waals surface area contributed by atoms with Crippen molar-refractivity contribution in [3.63, 3.8) is 0 Å². The number of nitrogens with two attached hydrogens (primary N) is 2. The van der Waals surface area contributed by atoms with E-state index in [4.69, 9.17) is 20.9 Å². The van der Waals surface area contributed by atoms with Crippen LogP contribution in [0.3, 0.4) is 0 Å². The second-order valence-corrected chi connectivity index (χ2v) is 6.43. The van der Waals surface area contributed by atoms with Gasteiger partial charge in [-0.2, -0.15) is 9.13 Å². The quantitative estimate of drug-likeness (QED) is 0.230. The molecular formula is C20H28Cl2N4O4. The minimum absolute atomic E-state index is 0. The lowest BCUT2D eigenvalue weighted by Gasteiger charge is -2.03. The molecule has 0 fully saturated rings. The van der Waals surface area contributed by atoms with E-state index >= 15 is 0 Å². The molecule has 4 N–H and O–H groups in total. The number of amides is 2. The molecule has 0 aliphatic carbocycles. The molecule has 0 radical (unpaired) electrons. The number of hydrogen-bond acceptors (Lipinski definition) is 4. The normalized spacial score (nSPS) is 10.0. The van der Waals surface area contributed by atoms with Gasteiger partial charge in [-0.1, -0.05) is 12.8 Å². The second-order valence-electron chi connectivity index (χ2n) is 6.43. The monoisotopic (exact) mass is 458 g/mol. The Morgan fingerprint density at radius 2 is 1.13 bits per heavy atom. The van der Waals surface area contributed by atoms with Crippen molar-refractivity contribution in [1.82, 2.24) is 0 Å². The first-order chi connectivity index (χ1) is 13.6. The van der Waals surface area contributed by atoms with Crippen LogP contribution in [0.15, 0.2) is 49.1 Å². The number of hydrogen-bond donors (Lipinski definition) is 2. The largest absolute Gasteiger partial charge is 1.00 e. The number of primary amides is 2. The predicted molar refractivity (Wildman–Crippen MR) is 101 cm³/mol. The van der Waals surface area contributed by atoms with Crippen LogP contribution in [0.5, 0.6) is 0 Å². The number of aromatic nitrogens is 2. The average molecular weight is 459 g/mol. The summed E-state index contributed by atoms with van der Waals surface area (Å²) in [5.41, 5.74) is 11.4. The van der Waals surface area contributed by atoms with Crippen LogP contribution >= 0.6 is 0 Å². The van der Waals surface area contributed by atoms with Crippen LogP contribution in [0, 0.1) is 0 Å². The molecule has 0 unspecified atom stereocenters. The van der Waals surface area contributed by atoms with E-state index in [1.807, 2.05) is 12.4 Å². The standard InChI is InChI=1S/C20H26N4O4.2ClH/c21-19(25)17-7-5-9-23(13-17)15-27-11-3-1-2-4-12-28-16-24-10-6-8-18(14-24)20(22)26;;/h5-10,13-14H,1-4,11-12,15-16H2,(H2-2,21,22,25,26);2*1H. The highest BCUT2D eigenvalue weighted by Gasteiger charge is 2.07. The lowest BCUT2D eigenvalue weighted by atomic mass is 10.2. The third kappa shape index (κ3) is 10.5. The van der Waals surface area contributed by atoms with E-state index in [1.54, 1.807) is 45.8 Å². The van der Waals surface area contributed by atoms with Crippen molar-refractivity contribution >= 4 is 11.8 Å². The van der Waals surface area contributed by atoms with Gasteiger partial charge < -0.3 is 45.8 Å². The fourth-order valence-corrected chi connectivity index (χ4v) is 2.60. The van der Waals surface area contributed by atoms with Gasteiger partial charge in [-0.25, -0.2) is 0 Å². The minimum Gasteiger partial charge on any atom is -1.00 e. The second kappa shape index (κ2) is 15.6.